The Bertz CT molecular complexity index is 970. The summed E-state index contributed by atoms with van der Waals surface area (Å²) in [6.45, 7) is 4.83. The van der Waals surface area contributed by atoms with Crippen LogP contribution in [0.5, 0.6) is 0 Å². The highest BCUT2D eigenvalue weighted by Gasteiger charge is 2.35. The third-order valence-corrected chi connectivity index (χ3v) is 5.99. The second kappa shape index (κ2) is 8.42. The van der Waals surface area contributed by atoms with Crippen molar-refractivity contribution in [3.05, 3.63) is 53.8 Å². The SMILES string of the molecule is CC(C)N(C(=O)c1csc(-c2cnn(-c3ccccc3)c2)n1)C1CCNCC1F. The van der Waals surface area contributed by atoms with Gasteiger partial charge in [-0.2, -0.15) is 5.10 Å². The number of rotatable bonds is 5. The van der Waals surface area contributed by atoms with Gasteiger partial charge in [0.2, 0.25) is 0 Å². The third-order valence-electron chi connectivity index (χ3n) is 5.10. The van der Waals surface area contributed by atoms with Crippen LogP contribution in [-0.2, 0) is 0 Å². The molecule has 1 saturated heterocycles. The number of para-hydroxylation sites is 1. The van der Waals surface area contributed by atoms with E-state index in [0.29, 0.717) is 18.7 Å². The first-order valence-electron chi connectivity index (χ1n) is 9.78. The van der Waals surface area contributed by atoms with Gasteiger partial charge in [-0.25, -0.2) is 14.1 Å². The van der Waals surface area contributed by atoms with Gasteiger partial charge in [0, 0.05) is 29.7 Å². The molecule has 2 unspecified atom stereocenters. The van der Waals surface area contributed by atoms with Crippen LogP contribution in [0.4, 0.5) is 4.39 Å². The Morgan fingerprint density at radius 3 is 2.86 bits per heavy atom. The number of halogens is 1. The molecule has 152 valence electrons. The van der Waals surface area contributed by atoms with Crippen molar-refractivity contribution in [2.75, 3.05) is 13.1 Å². The fraction of sp³-hybridized carbons (Fsp3) is 0.381. The summed E-state index contributed by atoms with van der Waals surface area (Å²) in [5.41, 5.74) is 2.16. The standard InChI is InChI=1S/C21H24FN5OS/c1-14(2)27(19-8-9-23-11-17(19)22)21(28)18-13-29-20(25-18)15-10-24-26(12-15)16-6-4-3-5-7-16/h3-7,10,12-14,17,19,23H,8-9,11H2,1-2H3. The molecule has 4 rings (SSSR count). The van der Waals surface area contributed by atoms with Gasteiger partial charge in [0.15, 0.2) is 0 Å². The van der Waals surface area contributed by atoms with Crippen molar-refractivity contribution in [3.63, 3.8) is 0 Å². The van der Waals surface area contributed by atoms with Gasteiger partial charge in [-0.05, 0) is 38.9 Å². The number of hydrogen-bond donors (Lipinski definition) is 1. The van der Waals surface area contributed by atoms with Crippen molar-refractivity contribution in [2.24, 2.45) is 0 Å². The van der Waals surface area contributed by atoms with Crippen molar-refractivity contribution < 1.29 is 9.18 Å². The average molecular weight is 414 g/mol. The van der Waals surface area contributed by atoms with Crippen molar-refractivity contribution in [2.45, 2.75) is 38.5 Å². The molecule has 8 heteroatoms. The largest absolute Gasteiger partial charge is 0.329 e. The molecule has 1 aromatic carbocycles. The van der Waals surface area contributed by atoms with E-state index in [1.54, 1.807) is 21.2 Å². The lowest BCUT2D eigenvalue weighted by atomic mass is 10.0. The van der Waals surface area contributed by atoms with Crippen molar-refractivity contribution in [1.29, 1.82) is 0 Å². The number of benzene rings is 1. The molecule has 0 saturated carbocycles. The molecule has 6 nitrogen and oxygen atoms in total. The highest BCUT2D eigenvalue weighted by atomic mass is 32.1. The van der Waals surface area contributed by atoms with Gasteiger partial charge in [-0.15, -0.1) is 11.3 Å². The van der Waals surface area contributed by atoms with Gasteiger partial charge in [-0.1, -0.05) is 18.2 Å². The zero-order chi connectivity index (χ0) is 20.4. The fourth-order valence-corrected chi connectivity index (χ4v) is 4.45. The number of piperidine rings is 1. The van der Waals surface area contributed by atoms with Crippen LogP contribution in [-0.4, -0.2) is 56.9 Å². The molecule has 0 spiro atoms. The normalized spacial score (nSPS) is 19.4. The average Bonchev–Trinajstić information content (AvgIpc) is 3.40. The molecule has 3 aromatic rings. The first kappa shape index (κ1) is 19.7. The Kier molecular flexibility index (Phi) is 5.73. The molecule has 1 fully saturated rings. The quantitative estimate of drug-likeness (QED) is 0.695. The summed E-state index contributed by atoms with van der Waals surface area (Å²) >= 11 is 1.40. The first-order valence-corrected chi connectivity index (χ1v) is 10.7. The monoisotopic (exact) mass is 413 g/mol. The number of hydrogen-bond acceptors (Lipinski definition) is 5. The zero-order valence-electron chi connectivity index (χ0n) is 16.5. The van der Waals surface area contributed by atoms with Gasteiger partial charge in [0.25, 0.3) is 5.91 Å². The van der Waals surface area contributed by atoms with Crippen LogP contribution in [0.2, 0.25) is 0 Å². The minimum atomic E-state index is -1.07. The molecule has 29 heavy (non-hydrogen) atoms. The molecule has 1 aliphatic rings. The lowest BCUT2D eigenvalue weighted by Crippen LogP contribution is -2.55. The number of thiazole rings is 1. The Morgan fingerprint density at radius 1 is 1.34 bits per heavy atom. The number of nitrogens with one attached hydrogen (secondary N) is 1. The Balaban J connectivity index is 1.56. The number of alkyl halides is 1. The topological polar surface area (TPSA) is 63.1 Å². The lowest BCUT2D eigenvalue weighted by Gasteiger charge is -2.39. The first-order chi connectivity index (χ1) is 14.0. The molecular formula is C21H24FN5OS. The molecule has 2 aromatic heterocycles. The van der Waals surface area contributed by atoms with E-state index < -0.39 is 12.2 Å². The molecule has 1 aliphatic heterocycles. The highest BCUT2D eigenvalue weighted by Crippen LogP contribution is 2.27. The zero-order valence-corrected chi connectivity index (χ0v) is 17.3. The maximum absolute atomic E-state index is 14.5. The van der Waals surface area contributed by atoms with Gasteiger partial charge in [-0.3, -0.25) is 4.79 Å². The summed E-state index contributed by atoms with van der Waals surface area (Å²) in [6.07, 6.45) is 3.17. The van der Waals surface area contributed by atoms with Crippen molar-refractivity contribution in [3.8, 4) is 16.3 Å². The molecule has 1 N–H and O–H groups in total. The van der Waals surface area contributed by atoms with E-state index in [2.05, 4.69) is 15.4 Å². The van der Waals surface area contributed by atoms with E-state index in [-0.39, 0.29) is 18.5 Å². The van der Waals surface area contributed by atoms with Crippen LogP contribution in [0.1, 0.15) is 30.8 Å². The highest BCUT2D eigenvalue weighted by molar-refractivity contribution is 7.13. The van der Waals surface area contributed by atoms with Gasteiger partial charge >= 0.3 is 0 Å². The molecule has 2 atom stereocenters. The predicted molar refractivity (Wildman–Crippen MR) is 112 cm³/mol. The maximum Gasteiger partial charge on any atom is 0.273 e. The minimum absolute atomic E-state index is 0.102. The van der Waals surface area contributed by atoms with Crippen molar-refractivity contribution in [1.82, 2.24) is 25.0 Å². The van der Waals surface area contributed by atoms with Crippen LogP contribution in [0.3, 0.4) is 0 Å². The summed E-state index contributed by atoms with van der Waals surface area (Å²) in [5, 5.41) is 9.91. The molecule has 0 bridgehead atoms. The minimum Gasteiger partial charge on any atom is -0.329 e. The van der Waals surface area contributed by atoms with Gasteiger partial charge < -0.3 is 10.2 Å². The lowest BCUT2D eigenvalue weighted by molar-refractivity contribution is 0.0384. The number of carbonyl (C=O) groups excluding carboxylic acids is 1. The Morgan fingerprint density at radius 2 is 2.14 bits per heavy atom. The van der Waals surface area contributed by atoms with E-state index in [1.807, 2.05) is 50.4 Å². The molecule has 0 radical (unpaired) electrons. The number of nitrogens with zero attached hydrogens (tertiary/aromatic N) is 4. The van der Waals surface area contributed by atoms with E-state index in [4.69, 9.17) is 0 Å². The third kappa shape index (κ3) is 4.09. The predicted octanol–water partition coefficient (Wildman–Crippen LogP) is 3.55. The van der Waals surface area contributed by atoms with E-state index in [1.165, 1.54) is 11.3 Å². The van der Waals surface area contributed by atoms with E-state index >= 15 is 0 Å². The second-order valence-corrected chi connectivity index (χ2v) is 8.29. The number of amides is 1. The maximum atomic E-state index is 14.5. The van der Waals surface area contributed by atoms with Crippen LogP contribution in [0.25, 0.3) is 16.3 Å². The van der Waals surface area contributed by atoms with Gasteiger partial charge in [0.1, 0.15) is 16.9 Å². The molecule has 3 heterocycles. The fourth-order valence-electron chi connectivity index (χ4n) is 3.68. The summed E-state index contributed by atoms with van der Waals surface area (Å²) in [4.78, 5) is 19.4. The summed E-state index contributed by atoms with van der Waals surface area (Å²) in [7, 11) is 0. The van der Waals surface area contributed by atoms with Gasteiger partial charge in [0.05, 0.1) is 17.9 Å². The summed E-state index contributed by atoms with van der Waals surface area (Å²) in [6, 6.07) is 9.29. The number of carbonyl (C=O) groups is 1. The van der Waals surface area contributed by atoms with Crippen LogP contribution in [0.15, 0.2) is 48.1 Å². The Hall–Kier alpha value is -2.58. The molecule has 0 aliphatic carbocycles. The molecule has 1 amide bonds. The van der Waals surface area contributed by atoms with E-state index in [9.17, 15) is 9.18 Å². The molecular weight excluding hydrogens is 389 g/mol. The Labute approximate surface area is 173 Å². The van der Waals surface area contributed by atoms with Crippen LogP contribution < -0.4 is 5.32 Å². The van der Waals surface area contributed by atoms with Crippen LogP contribution >= 0.6 is 11.3 Å². The van der Waals surface area contributed by atoms with Crippen LogP contribution in [0, 0.1) is 0 Å². The smallest absolute Gasteiger partial charge is 0.273 e. The summed E-state index contributed by atoms with van der Waals surface area (Å²) < 4.78 is 16.3. The van der Waals surface area contributed by atoms with Crippen molar-refractivity contribution >= 4 is 17.2 Å². The second-order valence-electron chi connectivity index (χ2n) is 7.43. The summed E-state index contributed by atoms with van der Waals surface area (Å²) in [5.74, 6) is -0.215. The number of aromatic nitrogens is 3. The van der Waals surface area contributed by atoms with E-state index in [0.717, 1.165) is 16.3 Å².